The molecular weight excluding hydrogens is 278 g/mol. The Morgan fingerprint density at radius 1 is 1.27 bits per heavy atom. The Morgan fingerprint density at radius 3 is 2.45 bits per heavy atom. The molecule has 2 N–H and O–H groups in total. The van der Waals surface area contributed by atoms with Gasteiger partial charge in [-0.25, -0.2) is 0 Å². The molecule has 0 saturated carbocycles. The average Bonchev–Trinajstić information content (AvgIpc) is 2.83. The molecule has 0 unspecified atom stereocenters. The number of hydrogen-bond donors (Lipinski definition) is 2. The topological polar surface area (TPSA) is 53.6 Å². The minimum atomic E-state index is -0.139. The first-order chi connectivity index (χ1) is 10.5. The number of anilines is 2. The molecule has 122 valence electrons. The van der Waals surface area contributed by atoms with E-state index < -0.39 is 0 Å². The maximum atomic E-state index is 11.5. The van der Waals surface area contributed by atoms with Gasteiger partial charge in [-0.2, -0.15) is 0 Å². The standard InChI is InChI=1S/C17H27N3O2/c1-12(2)20-9-13(3)16(10-20)18-14-5-7-15(8-6-14)19-17(21)11-22-4/h5-8,12-13,16,18H,9-11H2,1-4H3,(H,19,21)/t13-,16-/m1/s1. The normalized spacial score (nSPS) is 22.0. The summed E-state index contributed by atoms with van der Waals surface area (Å²) < 4.78 is 4.80. The van der Waals surface area contributed by atoms with E-state index in [-0.39, 0.29) is 12.5 Å². The fraction of sp³-hybridized carbons (Fsp3) is 0.588. The molecule has 1 fully saturated rings. The quantitative estimate of drug-likeness (QED) is 0.847. The van der Waals surface area contributed by atoms with Crippen LogP contribution in [0.2, 0.25) is 0 Å². The molecule has 0 bridgehead atoms. The van der Waals surface area contributed by atoms with Crippen LogP contribution in [0.4, 0.5) is 11.4 Å². The van der Waals surface area contributed by atoms with Crippen LogP contribution < -0.4 is 10.6 Å². The third-order valence-corrected chi connectivity index (χ3v) is 4.17. The first-order valence-corrected chi connectivity index (χ1v) is 7.89. The number of likely N-dealkylation sites (tertiary alicyclic amines) is 1. The zero-order chi connectivity index (χ0) is 16.1. The summed E-state index contributed by atoms with van der Waals surface area (Å²) in [5.74, 6) is 0.490. The lowest BCUT2D eigenvalue weighted by Gasteiger charge is -2.21. The van der Waals surface area contributed by atoms with Crippen molar-refractivity contribution in [2.24, 2.45) is 5.92 Å². The summed E-state index contributed by atoms with van der Waals surface area (Å²) in [5.41, 5.74) is 1.88. The van der Waals surface area contributed by atoms with Gasteiger partial charge in [-0.05, 0) is 44.0 Å². The lowest BCUT2D eigenvalue weighted by molar-refractivity contribution is -0.119. The van der Waals surface area contributed by atoms with Crippen LogP contribution in [0.5, 0.6) is 0 Å². The third-order valence-electron chi connectivity index (χ3n) is 4.17. The molecule has 1 amide bonds. The van der Waals surface area contributed by atoms with Crippen LogP contribution in [0.25, 0.3) is 0 Å². The molecule has 2 rings (SSSR count). The third kappa shape index (κ3) is 4.45. The molecule has 1 aliphatic rings. The number of ether oxygens (including phenoxy) is 1. The van der Waals surface area contributed by atoms with Gasteiger partial charge in [0.1, 0.15) is 6.61 Å². The van der Waals surface area contributed by atoms with Gasteiger partial charge >= 0.3 is 0 Å². The van der Waals surface area contributed by atoms with Gasteiger partial charge in [0.05, 0.1) is 0 Å². The summed E-state index contributed by atoms with van der Waals surface area (Å²) in [5, 5.41) is 6.40. The maximum absolute atomic E-state index is 11.5. The lowest BCUT2D eigenvalue weighted by atomic mass is 10.1. The van der Waals surface area contributed by atoms with Crippen molar-refractivity contribution in [3.8, 4) is 0 Å². The predicted octanol–water partition coefficient (Wildman–Crippen LogP) is 2.41. The number of carbonyl (C=O) groups excluding carboxylic acids is 1. The Morgan fingerprint density at radius 2 is 1.91 bits per heavy atom. The highest BCUT2D eigenvalue weighted by atomic mass is 16.5. The number of nitrogens with one attached hydrogen (secondary N) is 2. The van der Waals surface area contributed by atoms with Crippen molar-refractivity contribution in [3.63, 3.8) is 0 Å². The van der Waals surface area contributed by atoms with Crippen molar-refractivity contribution < 1.29 is 9.53 Å². The summed E-state index contributed by atoms with van der Waals surface area (Å²) in [6, 6.07) is 8.90. The second-order valence-electron chi connectivity index (χ2n) is 6.33. The number of methoxy groups -OCH3 is 1. The second kappa shape index (κ2) is 7.61. The lowest BCUT2D eigenvalue weighted by Crippen LogP contribution is -2.31. The highest BCUT2D eigenvalue weighted by molar-refractivity contribution is 5.91. The summed E-state index contributed by atoms with van der Waals surface area (Å²) in [6.07, 6.45) is 0. The molecule has 0 aliphatic carbocycles. The predicted molar refractivity (Wildman–Crippen MR) is 90.2 cm³/mol. The summed E-state index contributed by atoms with van der Waals surface area (Å²) in [4.78, 5) is 14.0. The van der Waals surface area contributed by atoms with E-state index in [9.17, 15) is 4.79 Å². The molecule has 2 atom stereocenters. The SMILES string of the molecule is COCC(=O)Nc1ccc(N[C@@H]2CN(C(C)C)C[C@H]2C)cc1. The number of carbonyl (C=O) groups is 1. The molecule has 1 saturated heterocycles. The van der Waals surface area contributed by atoms with Crippen molar-refractivity contribution in [2.45, 2.75) is 32.9 Å². The molecule has 1 aliphatic heterocycles. The van der Waals surface area contributed by atoms with E-state index in [4.69, 9.17) is 4.74 Å². The molecule has 1 aromatic carbocycles. The number of amides is 1. The van der Waals surface area contributed by atoms with Gasteiger partial charge in [-0.3, -0.25) is 9.69 Å². The summed E-state index contributed by atoms with van der Waals surface area (Å²) in [7, 11) is 1.51. The molecule has 0 spiro atoms. The number of nitrogens with zero attached hydrogens (tertiary/aromatic N) is 1. The van der Waals surface area contributed by atoms with Crippen molar-refractivity contribution in [1.82, 2.24) is 4.90 Å². The van der Waals surface area contributed by atoms with E-state index in [1.807, 2.05) is 24.3 Å². The van der Waals surface area contributed by atoms with Crippen LogP contribution in [0.1, 0.15) is 20.8 Å². The highest BCUT2D eigenvalue weighted by Crippen LogP contribution is 2.23. The van der Waals surface area contributed by atoms with E-state index in [0.29, 0.717) is 18.0 Å². The minimum absolute atomic E-state index is 0.0740. The van der Waals surface area contributed by atoms with Gasteiger partial charge in [0.2, 0.25) is 5.91 Å². The molecule has 0 radical (unpaired) electrons. The number of benzene rings is 1. The zero-order valence-corrected chi connectivity index (χ0v) is 13.9. The number of hydrogen-bond acceptors (Lipinski definition) is 4. The Hall–Kier alpha value is -1.59. The molecular formula is C17H27N3O2. The molecule has 0 aromatic heterocycles. The largest absolute Gasteiger partial charge is 0.381 e. The van der Waals surface area contributed by atoms with Crippen molar-refractivity contribution in [3.05, 3.63) is 24.3 Å². The first kappa shape index (κ1) is 16.8. The first-order valence-electron chi connectivity index (χ1n) is 7.89. The Bertz CT molecular complexity index is 487. The van der Waals surface area contributed by atoms with Gasteiger partial charge in [-0.1, -0.05) is 6.92 Å². The van der Waals surface area contributed by atoms with E-state index in [2.05, 4.69) is 36.3 Å². The van der Waals surface area contributed by atoms with Crippen molar-refractivity contribution >= 4 is 17.3 Å². The van der Waals surface area contributed by atoms with E-state index in [1.165, 1.54) is 7.11 Å². The van der Waals surface area contributed by atoms with Gasteiger partial charge in [0, 0.05) is 43.7 Å². The molecule has 1 heterocycles. The van der Waals surface area contributed by atoms with Gasteiger partial charge in [0.15, 0.2) is 0 Å². The van der Waals surface area contributed by atoms with Crippen LogP contribution in [-0.4, -0.2) is 49.7 Å². The molecule has 5 heteroatoms. The van der Waals surface area contributed by atoms with E-state index in [1.54, 1.807) is 0 Å². The van der Waals surface area contributed by atoms with Crippen LogP contribution in [-0.2, 0) is 9.53 Å². The van der Waals surface area contributed by atoms with E-state index >= 15 is 0 Å². The van der Waals surface area contributed by atoms with Crippen LogP contribution in [0.15, 0.2) is 24.3 Å². The van der Waals surface area contributed by atoms with Crippen molar-refractivity contribution in [1.29, 1.82) is 0 Å². The highest BCUT2D eigenvalue weighted by Gasteiger charge is 2.30. The summed E-state index contributed by atoms with van der Waals surface area (Å²) in [6.45, 7) is 9.06. The maximum Gasteiger partial charge on any atom is 0.250 e. The Kier molecular flexibility index (Phi) is 5.80. The van der Waals surface area contributed by atoms with Gasteiger partial charge in [0.25, 0.3) is 0 Å². The van der Waals surface area contributed by atoms with Crippen LogP contribution in [0.3, 0.4) is 0 Å². The van der Waals surface area contributed by atoms with E-state index in [0.717, 1.165) is 24.5 Å². The monoisotopic (exact) mass is 305 g/mol. The fourth-order valence-electron chi connectivity index (χ4n) is 2.81. The smallest absolute Gasteiger partial charge is 0.250 e. The molecule has 1 aromatic rings. The van der Waals surface area contributed by atoms with Crippen LogP contribution >= 0.6 is 0 Å². The minimum Gasteiger partial charge on any atom is -0.381 e. The Labute approximate surface area is 133 Å². The second-order valence-corrected chi connectivity index (χ2v) is 6.33. The zero-order valence-electron chi connectivity index (χ0n) is 13.9. The number of rotatable bonds is 6. The molecule has 22 heavy (non-hydrogen) atoms. The summed E-state index contributed by atoms with van der Waals surface area (Å²) >= 11 is 0. The van der Waals surface area contributed by atoms with Gasteiger partial charge < -0.3 is 15.4 Å². The molecule has 5 nitrogen and oxygen atoms in total. The van der Waals surface area contributed by atoms with Crippen molar-refractivity contribution in [2.75, 3.05) is 37.4 Å². The van der Waals surface area contributed by atoms with Gasteiger partial charge in [-0.15, -0.1) is 0 Å². The fourth-order valence-corrected chi connectivity index (χ4v) is 2.81. The van der Waals surface area contributed by atoms with Crippen LogP contribution in [0, 0.1) is 5.92 Å². The average molecular weight is 305 g/mol. The Balaban J connectivity index is 1.90.